The maximum absolute atomic E-state index is 10.9. The summed E-state index contributed by atoms with van der Waals surface area (Å²) in [6.45, 7) is 2.60. The first kappa shape index (κ1) is 13.9. The molecule has 108 valence electrons. The molecular formula is C15H18BrNO3. The lowest BCUT2D eigenvalue weighted by molar-refractivity contribution is -0.143. The molecule has 2 heterocycles. The molecular weight excluding hydrogens is 322 g/mol. The van der Waals surface area contributed by atoms with E-state index in [9.17, 15) is 4.79 Å². The van der Waals surface area contributed by atoms with Crippen LogP contribution in [0.3, 0.4) is 0 Å². The van der Waals surface area contributed by atoms with Crippen molar-refractivity contribution < 1.29 is 14.6 Å². The molecule has 1 aromatic rings. The monoisotopic (exact) mass is 339 g/mol. The molecule has 1 N–H and O–H groups in total. The highest BCUT2D eigenvalue weighted by molar-refractivity contribution is 9.10. The Morgan fingerprint density at radius 2 is 2.15 bits per heavy atom. The average Bonchev–Trinajstić information content (AvgIpc) is 2.80. The van der Waals surface area contributed by atoms with E-state index < -0.39 is 5.97 Å². The first-order valence-electron chi connectivity index (χ1n) is 7.02. The molecule has 1 saturated heterocycles. The highest BCUT2D eigenvalue weighted by Gasteiger charge is 2.29. The van der Waals surface area contributed by atoms with Crippen LogP contribution in [0.2, 0.25) is 0 Å². The van der Waals surface area contributed by atoms with Crippen LogP contribution >= 0.6 is 15.9 Å². The second-order valence-electron chi connectivity index (χ2n) is 5.61. The van der Waals surface area contributed by atoms with E-state index in [1.54, 1.807) is 0 Å². The third kappa shape index (κ3) is 2.99. The number of halogens is 1. The van der Waals surface area contributed by atoms with Crippen molar-refractivity contribution >= 4 is 21.9 Å². The molecule has 0 bridgehead atoms. The molecule has 1 aromatic carbocycles. The fourth-order valence-corrected chi connectivity index (χ4v) is 3.45. The first-order valence-corrected chi connectivity index (χ1v) is 7.81. The molecule has 0 aromatic heterocycles. The molecule has 0 radical (unpaired) electrons. The van der Waals surface area contributed by atoms with Crippen LogP contribution in [0.4, 0.5) is 0 Å². The smallest absolute Gasteiger partial charge is 0.306 e. The van der Waals surface area contributed by atoms with Crippen LogP contribution in [0.25, 0.3) is 0 Å². The fraction of sp³-hybridized carbons (Fsp3) is 0.533. The molecule has 1 fully saturated rings. The fourth-order valence-electron chi connectivity index (χ4n) is 3.04. The number of hydrogen-bond donors (Lipinski definition) is 1. The maximum Gasteiger partial charge on any atom is 0.306 e. The van der Waals surface area contributed by atoms with Crippen molar-refractivity contribution in [1.82, 2.24) is 4.90 Å². The Morgan fingerprint density at radius 3 is 2.85 bits per heavy atom. The summed E-state index contributed by atoms with van der Waals surface area (Å²) in [7, 11) is 0. The number of aliphatic carboxylic acids is 1. The molecule has 4 nitrogen and oxygen atoms in total. The van der Waals surface area contributed by atoms with Gasteiger partial charge in [0.15, 0.2) is 0 Å². The number of fused-ring (bicyclic) bond motifs is 1. The number of piperidine rings is 1. The molecule has 2 aliphatic rings. The zero-order chi connectivity index (χ0) is 14.1. The number of carbonyl (C=O) groups is 1. The average molecular weight is 340 g/mol. The second kappa shape index (κ2) is 5.74. The van der Waals surface area contributed by atoms with E-state index in [4.69, 9.17) is 9.84 Å². The van der Waals surface area contributed by atoms with Crippen LogP contribution in [0.1, 0.15) is 18.4 Å². The van der Waals surface area contributed by atoms with E-state index in [0.29, 0.717) is 0 Å². The van der Waals surface area contributed by atoms with Gasteiger partial charge in [-0.25, -0.2) is 0 Å². The number of ether oxygens (including phenoxy) is 1. The van der Waals surface area contributed by atoms with E-state index in [1.165, 1.54) is 5.56 Å². The Balaban J connectivity index is 1.53. The van der Waals surface area contributed by atoms with Crippen molar-refractivity contribution in [3.63, 3.8) is 0 Å². The van der Waals surface area contributed by atoms with E-state index in [0.717, 1.165) is 49.1 Å². The molecule has 0 spiro atoms. The van der Waals surface area contributed by atoms with Gasteiger partial charge in [-0.15, -0.1) is 0 Å². The van der Waals surface area contributed by atoms with Crippen molar-refractivity contribution in [3.05, 3.63) is 28.2 Å². The van der Waals surface area contributed by atoms with Gasteiger partial charge < -0.3 is 9.84 Å². The van der Waals surface area contributed by atoms with E-state index in [-0.39, 0.29) is 12.0 Å². The van der Waals surface area contributed by atoms with Gasteiger partial charge in [-0.05, 0) is 49.7 Å². The topological polar surface area (TPSA) is 49.8 Å². The molecule has 0 saturated carbocycles. The summed E-state index contributed by atoms with van der Waals surface area (Å²) in [6.07, 6.45) is 2.63. The zero-order valence-corrected chi connectivity index (χ0v) is 12.8. The highest BCUT2D eigenvalue weighted by Crippen LogP contribution is 2.32. The van der Waals surface area contributed by atoms with Crippen LogP contribution in [0.15, 0.2) is 22.7 Å². The molecule has 3 rings (SSSR count). The first-order chi connectivity index (χ1) is 9.61. The molecule has 20 heavy (non-hydrogen) atoms. The van der Waals surface area contributed by atoms with Crippen molar-refractivity contribution in [2.24, 2.45) is 5.92 Å². The number of carboxylic acid groups (broad SMARTS) is 1. The third-order valence-corrected chi connectivity index (χ3v) is 4.66. The summed E-state index contributed by atoms with van der Waals surface area (Å²) < 4.78 is 7.05. The highest BCUT2D eigenvalue weighted by atomic mass is 79.9. The lowest BCUT2D eigenvalue weighted by atomic mass is 9.97. The van der Waals surface area contributed by atoms with E-state index >= 15 is 0 Å². The second-order valence-corrected chi connectivity index (χ2v) is 6.52. The molecule has 0 amide bonds. The molecule has 0 aliphatic carbocycles. The maximum atomic E-state index is 10.9. The predicted molar refractivity (Wildman–Crippen MR) is 79.1 cm³/mol. The van der Waals surface area contributed by atoms with Crippen molar-refractivity contribution in [1.29, 1.82) is 0 Å². The van der Waals surface area contributed by atoms with Gasteiger partial charge in [0.1, 0.15) is 11.9 Å². The molecule has 1 unspecified atom stereocenters. The Bertz CT molecular complexity index is 512. The summed E-state index contributed by atoms with van der Waals surface area (Å²) >= 11 is 3.48. The Hall–Kier alpha value is -1.07. The lowest BCUT2D eigenvalue weighted by Gasteiger charge is -2.31. The van der Waals surface area contributed by atoms with Crippen LogP contribution in [0.5, 0.6) is 5.75 Å². The van der Waals surface area contributed by atoms with Gasteiger partial charge in [0.2, 0.25) is 0 Å². The minimum atomic E-state index is -0.654. The van der Waals surface area contributed by atoms with Gasteiger partial charge in [-0.1, -0.05) is 15.9 Å². The third-order valence-electron chi connectivity index (χ3n) is 4.16. The Kier molecular flexibility index (Phi) is 3.98. The summed E-state index contributed by atoms with van der Waals surface area (Å²) in [5.41, 5.74) is 1.25. The number of rotatable bonds is 3. The van der Waals surface area contributed by atoms with E-state index in [2.05, 4.69) is 26.9 Å². The SMILES string of the molecule is O=C(O)C1CCN(CC2Cc3cc(Br)ccc3O2)CC1. The number of likely N-dealkylation sites (tertiary alicyclic amines) is 1. The van der Waals surface area contributed by atoms with Crippen molar-refractivity contribution in [2.75, 3.05) is 19.6 Å². The van der Waals surface area contributed by atoms with Gasteiger partial charge in [0.25, 0.3) is 0 Å². The lowest BCUT2D eigenvalue weighted by Crippen LogP contribution is -2.41. The number of benzene rings is 1. The van der Waals surface area contributed by atoms with Crippen molar-refractivity contribution in [3.8, 4) is 5.75 Å². The minimum Gasteiger partial charge on any atom is -0.488 e. The molecule has 5 heteroatoms. The van der Waals surface area contributed by atoms with Gasteiger partial charge in [-0.2, -0.15) is 0 Å². The summed E-state index contributed by atoms with van der Waals surface area (Å²) in [6, 6.07) is 6.13. The Labute approximate surface area is 126 Å². The van der Waals surface area contributed by atoms with Gasteiger partial charge in [0.05, 0.1) is 5.92 Å². The quantitative estimate of drug-likeness (QED) is 0.919. The van der Waals surface area contributed by atoms with Crippen molar-refractivity contribution in [2.45, 2.75) is 25.4 Å². The Morgan fingerprint density at radius 1 is 1.40 bits per heavy atom. The molecule has 1 atom stereocenters. The minimum absolute atomic E-state index is 0.163. The summed E-state index contributed by atoms with van der Waals surface area (Å²) in [5, 5.41) is 9.01. The molecule has 2 aliphatic heterocycles. The number of hydrogen-bond acceptors (Lipinski definition) is 3. The zero-order valence-electron chi connectivity index (χ0n) is 11.2. The van der Waals surface area contributed by atoms with Gasteiger partial charge in [-0.3, -0.25) is 9.69 Å². The van der Waals surface area contributed by atoms with Gasteiger partial charge in [0, 0.05) is 17.4 Å². The predicted octanol–water partition coefficient (Wildman–Crippen LogP) is 2.55. The van der Waals surface area contributed by atoms with Crippen LogP contribution in [-0.4, -0.2) is 41.7 Å². The number of nitrogens with zero attached hydrogens (tertiary/aromatic N) is 1. The van der Waals surface area contributed by atoms with Crippen LogP contribution in [-0.2, 0) is 11.2 Å². The van der Waals surface area contributed by atoms with Gasteiger partial charge >= 0.3 is 5.97 Å². The largest absolute Gasteiger partial charge is 0.488 e. The van der Waals surface area contributed by atoms with Crippen LogP contribution < -0.4 is 4.74 Å². The van der Waals surface area contributed by atoms with E-state index in [1.807, 2.05) is 12.1 Å². The van der Waals surface area contributed by atoms with Crippen LogP contribution in [0, 0.1) is 5.92 Å². The normalized spacial score (nSPS) is 23.4. The summed E-state index contributed by atoms with van der Waals surface area (Å²) in [4.78, 5) is 13.3. The summed E-state index contributed by atoms with van der Waals surface area (Å²) in [5.74, 6) is 0.168. The number of carboxylic acids is 1. The standard InChI is InChI=1S/C15H18BrNO3/c16-12-1-2-14-11(7-12)8-13(20-14)9-17-5-3-10(4-6-17)15(18)19/h1-2,7,10,13H,3-6,8-9H2,(H,18,19).